The van der Waals surface area contributed by atoms with Gasteiger partial charge in [0.05, 0.1) is 23.8 Å². The summed E-state index contributed by atoms with van der Waals surface area (Å²) in [7, 11) is 0. The number of hydrogen-bond acceptors (Lipinski definition) is 6. The number of hydrogen-bond donors (Lipinski definition) is 1. The number of carbonyl (C=O) groups excluding carboxylic acids is 1. The van der Waals surface area contributed by atoms with Crippen LogP contribution in [-0.4, -0.2) is 24.3 Å². The molecule has 1 fully saturated rings. The molecule has 0 spiro atoms. The molecule has 4 rings (SSSR count). The average Bonchev–Trinajstić information content (AvgIpc) is 3.19. The summed E-state index contributed by atoms with van der Waals surface area (Å²) in [5, 5.41) is 3.36. The van der Waals surface area contributed by atoms with Crippen molar-refractivity contribution in [2.24, 2.45) is 4.99 Å². The van der Waals surface area contributed by atoms with Crippen LogP contribution >= 0.6 is 11.8 Å². The van der Waals surface area contributed by atoms with Crippen LogP contribution in [0.2, 0.25) is 0 Å². The predicted octanol–water partition coefficient (Wildman–Crippen LogP) is 6.26. The smallest absolute Gasteiger partial charge is 0.264 e. The van der Waals surface area contributed by atoms with E-state index in [9.17, 15) is 4.79 Å². The van der Waals surface area contributed by atoms with Crippen LogP contribution in [0.4, 0.5) is 5.69 Å². The van der Waals surface area contributed by atoms with E-state index in [-0.39, 0.29) is 5.91 Å². The van der Waals surface area contributed by atoms with Crippen LogP contribution in [-0.2, 0) is 11.4 Å². The Kier molecular flexibility index (Phi) is 8.11. The van der Waals surface area contributed by atoms with Gasteiger partial charge in [-0.15, -0.1) is 0 Å². The number of aliphatic imine (C=N–C) groups is 1. The average molecular weight is 489 g/mol. The van der Waals surface area contributed by atoms with Gasteiger partial charge in [0.25, 0.3) is 5.91 Å². The van der Waals surface area contributed by atoms with E-state index in [0.717, 1.165) is 22.6 Å². The molecule has 0 bridgehead atoms. The van der Waals surface area contributed by atoms with Crippen molar-refractivity contribution in [1.29, 1.82) is 0 Å². The first kappa shape index (κ1) is 24.4. The molecule has 7 heteroatoms. The molecule has 0 atom stereocenters. The van der Waals surface area contributed by atoms with Crippen molar-refractivity contribution < 1.29 is 19.0 Å². The first-order valence-electron chi connectivity index (χ1n) is 11.5. The minimum absolute atomic E-state index is 0.183. The van der Waals surface area contributed by atoms with Gasteiger partial charge < -0.3 is 19.5 Å². The minimum atomic E-state index is -0.183. The molecule has 0 aromatic heterocycles. The number of thioether (sulfide) groups is 1. The van der Waals surface area contributed by atoms with E-state index >= 15 is 0 Å². The predicted molar refractivity (Wildman–Crippen MR) is 142 cm³/mol. The zero-order valence-electron chi connectivity index (χ0n) is 20.0. The fourth-order valence-electron chi connectivity index (χ4n) is 3.38. The van der Waals surface area contributed by atoms with E-state index in [1.807, 2.05) is 62.4 Å². The standard InChI is InChI=1S/C28H28N2O4S/c1-4-32-23-13-11-22(12-14-23)29-28-30-27(31)26(35-28)17-21-10-15-24(25(16-21)33-5-2)34-18-20-8-6-19(3)7-9-20/h6-17H,4-5,18H2,1-3H3,(H,29,30,31)/b26-17+. The molecular formula is C28H28N2O4S. The monoisotopic (exact) mass is 488 g/mol. The fourth-order valence-corrected chi connectivity index (χ4v) is 4.22. The molecule has 1 N–H and O–H groups in total. The van der Waals surface area contributed by atoms with E-state index in [2.05, 4.69) is 41.5 Å². The molecule has 1 aliphatic heterocycles. The Hall–Kier alpha value is -3.71. The van der Waals surface area contributed by atoms with Crippen LogP contribution in [0.3, 0.4) is 0 Å². The molecule has 1 aliphatic rings. The lowest BCUT2D eigenvalue weighted by Gasteiger charge is -2.13. The molecule has 0 radical (unpaired) electrons. The molecule has 0 saturated carbocycles. The summed E-state index contributed by atoms with van der Waals surface area (Å²) in [6, 6.07) is 21.3. The maximum atomic E-state index is 12.5. The molecule has 1 saturated heterocycles. The van der Waals surface area contributed by atoms with Crippen molar-refractivity contribution in [1.82, 2.24) is 5.32 Å². The van der Waals surface area contributed by atoms with E-state index in [0.29, 0.717) is 41.4 Å². The molecule has 1 amide bonds. The second-order valence-electron chi connectivity index (χ2n) is 7.82. The zero-order chi connectivity index (χ0) is 24.6. The summed E-state index contributed by atoms with van der Waals surface area (Å²) in [6.07, 6.45) is 1.83. The largest absolute Gasteiger partial charge is 0.494 e. The number of amides is 1. The van der Waals surface area contributed by atoms with Gasteiger partial charge in [-0.2, -0.15) is 0 Å². The molecule has 3 aromatic rings. The highest BCUT2D eigenvalue weighted by atomic mass is 32.2. The quantitative estimate of drug-likeness (QED) is 0.360. The Morgan fingerprint density at radius 3 is 2.34 bits per heavy atom. The number of amidine groups is 1. The van der Waals surface area contributed by atoms with Gasteiger partial charge in [-0.05, 0) is 86.1 Å². The second kappa shape index (κ2) is 11.6. The summed E-state index contributed by atoms with van der Waals surface area (Å²) >= 11 is 1.30. The van der Waals surface area contributed by atoms with E-state index in [1.54, 1.807) is 0 Å². The molecule has 180 valence electrons. The maximum Gasteiger partial charge on any atom is 0.264 e. The molecule has 0 aliphatic carbocycles. The lowest BCUT2D eigenvalue weighted by Crippen LogP contribution is -2.19. The fraction of sp³-hybridized carbons (Fsp3) is 0.214. The third kappa shape index (κ3) is 6.67. The molecule has 1 heterocycles. The van der Waals surface area contributed by atoms with Crippen LogP contribution in [0.25, 0.3) is 6.08 Å². The topological polar surface area (TPSA) is 69.2 Å². The Morgan fingerprint density at radius 1 is 0.886 bits per heavy atom. The number of rotatable bonds is 9. The number of nitrogens with zero attached hydrogens (tertiary/aromatic N) is 1. The Balaban J connectivity index is 1.47. The van der Waals surface area contributed by atoms with E-state index in [1.165, 1.54) is 17.3 Å². The van der Waals surface area contributed by atoms with Gasteiger partial charge >= 0.3 is 0 Å². The molecule has 0 unspecified atom stereocenters. The van der Waals surface area contributed by atoms with Crippen molar-refractivity contribution in [3.63, 3.8) is 0 Å². The maximum absolute atomic E-state index is 12.5. The highest BCUT2D eigenvalue weighted by molar-refractivity contribution is 8.18. The molecule has 3 aromatic carbocycles. The van der Waals surface area contributed by atoms with Crippen molar-refractivity contribution in [3.8, 4) is 17.2 Å². The molecule has 35 heavy (non-hydrogen) atoms. The van der Waals surface area contributed by atoms with E-state index in [4.69, 9.17) is 14.2 Å². The van der Waals surface area contributed by atoms with Crippen LogP contribution < -0.4 is 19.5 Å². The number of aryl methyl sites for hydroxylation is 1. The minimum Gasteiger partial charge on any atom is -0.494 e. The highest BCUT2D eigenvalue weighted by Gasteiger charge is 2.24. The molecule has 6 nitrogen and oxygen atoms in total. The Labute approximate surface area is 210 Å². The number of benzene rings is 3. The van der Waals surface area contributed by atoms with Crippen molar-refractivity contribution in [2.75, 3.05) is 13.2 Å². The van der Waals surface area contributed by atoms with Crippen LogP contribution in [0.5, 0.6) is 17.2 Å². The van der Waals surface area contributed by atoms with Gasteiger partial charge in [0.1, 0.15) is 12.4 Å². The van der Waals surface area contributed by atoms with Crippen molar-refractivity contribution in [2.45, 2.75) is 27.4 Å². The summed E-state index contributed by atoms with van der Waals surface area (Å²) in [5.41, 5.74) is 3.88. The highest BCUT2D eigenvalue weighted by Crippen LogP contribution is 2.33. The summed E-state index contributed by atoms with van der Waals surface area (Å²) in [4.78, 5) is 17.6. The lowest BCUT2D eigenvalue weighted by molar-refractivity contribution is -0.115. The normalized spacial score (nSPS) is 15.3. The summed E-state index contributed by atoms with van der Waals surface area (Å²) in [6.45, 7) is 7.50. The summed E-state index contributed by atoms with van der Waals surface area (Å²) in [5.74, 6) is 1.91. The van der Waals surface area contributed by atoms with Gasteiger partial charge in [-0.3, -0.25) is 4.79 Å². The second-order valence-corrected chi connectivity index (χ2v) is 8.85. The van der Waals surface area contributed by atoms with Gasteiger partial charge in [-0.25, -0.2) is 4.99 Å². The van der Waals surface area contributed by atoms with Crippen LogP contribution in [0.1, 0.15) is 30.5 Å². The number of nitrogens with one attached hydrogen (secondary N) is 1. The van der Waals surface area contributed by atoms with Gasteiger partial charge in [0, 0.05) is 0 Å². The third-order valence-corrected chi connectivity index (χ3v) is 6.02. The van der Waals surface area contributed by atoms with Gasteiger partial charge in [0.15, 0.2) is 16.7 Å². The van der Waals surface area contributed by atoms with Crippen LogP contribution in [0.15, 0.2) is 76.6 Å². The zero-order valence-corrected chi connectivity index (χ0v) is 20.9. The molecular weight excluding hydrogens is 460 g/mol. The van der Waals surface area contributed by atoms with Gasteiger partial charge in [0.2, 0.25) is 0 Å². The first-order valence-corrected chi connectivity index (χ1v) is 12.3. The third-order valence-electron chi connectivity index (χ3n) is 5.11. The Morgan fingerprint density at radius 2 is 1.63 bits per heavy atom. The lowest BCUT2D eigenvalue weighted by atomic mass is 10.1. The first-order chi connectivity index (χ1) is 17.0. The van der Waals surface area contributed by atoms with Gasteiger partial charge in [-0.1, -0.05) is 35.9 Å². The van der Waals surface area contributed by atoms with Crippen LogP contribution in [0, 0.1) is 6.92 Å². The van der Waals surface area contributed by atoms with Crippen molar-refractivity contribution in [3.05, 3.63) is 88.3 Å². The van der Waals surface area contributed by atoms with Crippen molar-refractivity contribution >= 4 is 34.6 Å². The SMILES string of the molecule is CCOc1ccc(N=C2NC(=O)/C(=C\c3ccc(OCc4ccc(C)cc4)c(OCC)c3)S2)cc1. The number of ether oxygens (including phenoxy) is 3. The number of carbonyl (C=O) groups is 1. The Bertz CT molecular complexity index is 1230. The summed E-state index contributed by atoms with van der Waals surface area (Å²) < 4.78 is 17.3. The van der Waals surface area contributed by atoms with E-state index < -0.39 is 0 Å².